The van der Waals surface area contributed by atoms with Gasteiger partial charge in [0, 0.05) is 12.6 Å². The van der Waals surface area contributed by atoms with Gasteiger partial charge in [-0.2, -0.15) is 0 Å². The first-order valence-electron chi connectivity index (χ1n) is 4.71. The van der Waals surface area contributed by atoms with Crippen LogP contribution >= 0.6 is 0 Å². The fraction of sp³-hybridized carbons (Fsp3) is 0.889. The van der Waals surface area contributed by atoms with Crippen LogP contribution in [0.15, 0.2) is 0 Å². The lowest BCUT2D eigenvalue weighted by molar-refractivity contribution is 0.0794. The highest BCUT2D eigenvalue weighted by molar-refractivity contribution is 5.82. The molecular formula is C9H19N3O. The second-order valence-corrected chi connectivity index (χ2v) is 3.73. The van der Waals surface area contributed by atoms with Crippen molar-refractivity contribution in [1.29, 1.82) is 5.41 Å². The third-order valence-electron chi connectivity index (χ3n) is 2.92. The number of amidine groups is 1. The Labute approximate surface area is 79.6 Å². The maximum Gasteiger partial charge on any atom is 0.108 e. The van der Waals surface area contributed by atoms with E-state index in [1.165, 1.54) is 0 Å². The van der Waals surface area contributed by atoms with Crippen LogP contribution in [-0.4, -0.2) is 42.6 Å². The molecule has 0 aromatic rings. The second-order valence-electron chi connectivity index (χ2n) is 3.73. The molecule has 13 heavy (non-hydrogen) atoms. The predicted molar refractivity (Wildman–Crippen MR) is 53.0 cm³/mol. The minimum atomic E-state index is 0.00847. The fourth-order valence-electron chi connectivity index (χ4n) is 1.76. The summed E-state index contributed by atoms with van der Waals surface area (Å²) in [4.78, 5) is 2.12. The van der Waals surface area contributed by atoms with E-state index in [0.717, 1.165) is 13.0 Å². The molecule has 0 saturated carbocycles. The number of ether oxygens (including phenoxy) is 1. The average molecular weight is 185 g/mol. The highest BCUT2D eigenvalue weighted by Gasteiger charge is 2.30. The van der Waals surface area contributed by atoms with Gasteiger partial charge in [-0.15, -0.1) is 0 Å². The molecule has 0 amide bonds. The second kappa shape index (κ2) is 4.07. The molecule has 3 atom stereocenters. The molecular weight excluding hydrogens is 166 g/mol. The molecule has 0 aromatic carbocycles. The van der Waals surface area contributed by atoms with Crippen LogP contribution in [0.3, 0.4) is 0 Å². The predicted octanol–water partition coefficient (Wildman–Crippen LogP) is 0.420. The van der Waals surface area contributed by atoms with Crippen LogP contribution in [0, 0.1) is 5.41 Å². The zero-order valence-corrected chi connectivity index (χ0v) is 8.58. The molecule has 1 rings (SSSR count). The molecule has 76 valence electrons. The zero-order chi connectivity index (χ0) is 10.0. The van der Waals surface area contributed by atoms with E-state index in [0.29, 0.717) is 6.04 Å². The van der Waals surface area contributed by atoms with Crippen molar-refractivity contribution in [3.63, 3.8) is 0 Å². The van der Waals surface area contributed by atoms with Crippen molar-refractivity contribution in [3.8, 4) is 0 Å². The van der Waals surface area contributed by atoms with Gasteiger partial charge in [-0.3, -0.25) is 10.3 Å². The zero-order valence-electron chi connectivity index (χ0n) is 8.58. The maximum atomic E-state index is 7.36. The number of rotatable bonds is 3. The molecule has 1 saturated heterocycles. The molecule has 0 radical (unpaired) electrons. The van der Waals surface area contributed by atoms with Gasteiger partial charge in [-0.25, -0.2) is 0 Å². The number of nitrogens with one attached hydrogen (secondary N) is 1. The van der Waals surface area contributed by atoms with Crippen LogP contribution in [0.2, 0.25) is 0 Å². The highest BCUT2D eigenvalue weighted by atomic mass is 16.5. The van der Waals surface area contributed by atoms with E-state index in [4.69, 9.17) is 15.9 Å². The fourth-order valence-corrected chi connectivity index (χ4v) is 1.76. The lowest BCUT2D eigenvalue weighted by Crippen LogP contribution is -2.47. The van der Waals surface area contributed by atoms with E-state index in [9.17, 15) is 0 Å². The minimum Gasteiger partial charge on any atom is -0.386 e. The Kier molecular flexibility index (Phi) is 3.27. The van der Waals surface area contributed by atoms with Gasteiger partial charge in [0.25, 0.3) is 0 Å². The first kappa shape index (κ1) is 10.5. The molecule has 1 aliphatic rings. The Morgan fingerprint density at radius 2 is 2.31 bits per heavy atom. The van der Waals surface area contributed by atoms with Crippen molar-refractivity contribution in [2.75, 3.05) is 13.7 Å². The highest BCUT2D eigenvalue weighted by Crippen LogP contribution is 2.19. The lowest BCUT2D eigenvalue weighted by Gasteiger charge is -2.31. The maximum absolute atomic E-state index is 7.36. The first-order valence-corrected chi connectivity index (χ1v) is 4.71. The van der Waals surface area contributed by atoms with Gasteiger partial charge in [0.2, 0.25) is 0 Å². The van der Waals surface area contributed by atoms with E-state index in [-0.39, 0.29) is 18.0 Å². The number of hydrogen-bond donors (Lipinski definition) is 2. The van der Waals surface area contributed by atoms with E-state index in [1.54, 1.807) is 0 Å². The Morgan fingerprint density at radius 3 is 2.69 bits per heavy atom. The summed E-state index contributed by atoms with van der Waals surface area (Å²) in [6.07, 6.45) is 1.29. The molecule has 3 N–H and O–H groups in total. The monoisotopic (exact) mass is 185 g/mol. The summed E-state index contributed by atoms with van der Waals surface area (Å²) in [5.41, 5.74) is 5.45. The summed E-state index contributed by atoms with van der Waals surface area (Å²) in [6.45, 7) is 4.84. The number of nitrogens with two attached hydrogens (primary N) is 1. The van der Waals surface area contributed by atoms with Crippen LogP contribution in [0.25, 0.3) is 0 Å². The Balaban J connectivity index is 2.55. The van der Waals surface area contributed by atoms with Crippen molar-refractivity contribution in [2.45, 2.75) is 38.5 Å². The molecule has 0 aromatic heterocycles. The molecule has 0 aliphatic carbocycles. The summed E-state index contributed by atoms with van der Waals surface area (Å²) in [7, 11) is 2.00. The Hall–Kier alpha value is -0.610. The smallest absolute Gasteiger partial charge is 0.108 e. The number of hydrogen-bond acceptors (Lipinski definition) is 3. The van der Waals surface area contributed by atoms with Gasteiger partial charge in [-0.05, 0) is 27.3 Å². The van der Waals surface area contributed by atoms with E-state index < -0.39 is 0 Å². The van der Waals surface area contributed by atoms with E-state index >= 15 is 0 Å². The van der Waals surface area contributed by atoms with Crippen LogP contribution in [0.5, 0.6) is 0 Å². The molecule has 4 heteroatoms. The van der Waals surface area contributed by atoms with Crippen molar-refractivity contribution in [2.24, 2.45) is 5.73 Å². The van der Waals surface area contributed by atoms with Gasteiger partial charge < -0.3 is 10.5 Å². The van der Waals surface area contributed by atoms with Crippen molar-refractivity contribution >= 4 is 5.84 Å². The van der Waals surface area contributed by atoms with Gasteiger partial charge >= 0.3 is 0 Å². The largest absolute Gasteiger partial charge is 0.386 e. The standard InChI is InChI=1S/C9H19N3O/c1-6(9(10)11)12(3)8-4-5-13-7(8)2/h6-8H,4-5H2,1-3H3,(H3,10,11). The van der Waals surface area contributed by atoms with E-state index in [1.807, 2.05) is 14.0 Å². The Morgan fingerprint density at radius 1 is 1.69 bits per heavy atom. The third-order valence-corrected chi connectivity index (χ3v) is 2.92. The van der Waals surface area contributed by atoms with Crippen molar-refractivity contribution in [3.05, 3.63) is 0 Å². The topological polar surface area (TPSA) is 62.3 Å². The Bertz CT molecular complexity index is 195. The van der Waals surface area contributed by atoms with Gasteiger partial charge in [-0.1, -0.05) is 0 Å². The van der Waals surface area contributed by atoms with Crippen LogP contribution in [0.4, 0.5) is 0 Å². The molecule has 3 unspecified atom stereocenters. The van der Waals surface area contributed by atoms with Crippen molar-refractivity contribution < 1.29 is 4.74 Å². The minimum absolute atomic E-state index is 0.00847. The number of nitrogens with zero attached hydrogens (tertiary/aromatic N) is 1. The van der Waals surface area contributed by atoms with E-state index in [2.05, 4.69) is 11.8 Å². The summed E-state index contributed by atoms with van der Waals surface area (Å²) in [6, 6.07) is 0.410. The van der Waals surface area contributed by atoms with Crippen molar-refractivity contribution in [1.82, 2.24) is 4.90 Å². The summed E-state index contributed by atoms with van der Waals surface area (Å²) in [5, 5.41) is 7.36. The molecule has 0 bridgehead atoms. The average Bonchev–Trinajstić information content (AvgIpc) is 2.48. The quantitative estimate of drug-likeness (QED) is 0.495. The first-order chi connectivity index (χ1) is 6.04. The molecule has 0 spiro atoms. The summed E-state index contributed by atoms with van der Waals surface area (Å²) >= 11 is 0. The van der Waals surface area contributed by atoms with Gasteiger partial charge in [0.05, 0.1) is 12.1 Å². The molecule has 1 heterocycles. The molecule has 1 fully saturated rings. The lowest BCUT2D eigenvalue weighted by atomic mass is 10.1. The SMILES string of the molecule is CC1OCCC1N(C)C(C)C(=N)N. The molecule has 4 nitrogen and oxygen atoms in total. The number of likely N-dealkylation sites (N-methyl/N-ethyl adjacent to an activating group) is 1. The van der Waals surface area contributed by atoms with Crippen LogP contribution in [0.1, 0.15) is 20.3 Å². The van der Waals surface area contributed by atoms with Crippen LogP contribution < -0.4 is 5.73 Å². The summed E-state index contributed by atoms with van der Waals surface area (Å²) in [5.74, 6) is 0.224. The van der Waals surface area contributed by atoms with Gasteiger partial charge in [0.1, 0.15) is 5.84 Å². The summed E-state index contributed by atoms with van der Waals surface area (Å²) < 4.78 is 5.46. The van der Waals surface area contributed by atoms with Gasteiger partial charge in [0.15, 0.2) is 0 Å². The normalized spacial score (nSPS) is 30.8. The molecule has 1 aliphatic heterocycles. The third kappa shape index (κ3) is 2.19. The van der Waals surface area contributed by atoms with Crippen LogP contribution in [-0.2, 0) is 4.74 Å².